The molecule has 0 heterocycles. The summed E-state index contributed by atoms with van der Waals surface area (Å²) < 4.78 is 29.0. The predicted molar refractivity (Wildman–Crippen MR) is 156 cm³/mol. The lowest BCUT2D eigenvalue weighted by Gasteiger charge is -2.34. The molecule has 2 amide bonds. The van der Waals surface area contributed by atoms with Crippen molar-refractivity contribution in [1.29, 1.82) is 0 Å². The molecule has 0 aliphatic carbocycles. The third kappa shape index (κ3) is 7.61. The monoisotopic (exact) mass is 569 g/mol. The Morgan fingerprint density at radius 1 is 0.949 bits per heavy atom. The van der Waals surface area contributed by atoms with Gasteiger partial charge in [-0.2, -0.15) is 0 Å². The summed E-state index contributed by atoms with van der Waals surface area (Å²) in [6, 6.07) is 19.6. The van der Waals surface area contributed by atoms with Crippen molar-refractivity contribution in [2.24, 2.45) is 0 Å². The summed E-state index contributed by atoms with van der Waals surface area (Å²) >= 11 is 6.06. The summed E-state index contributed by atoms with van der Waals surface area (Å²) in [4.78, 5) is 28.8. The van der Waals surface area contributed by atoms with E-state index in [2.05, 4.69) is 5.32 Å². The fraction of sp³-hybridized carbons (Fsp3) is 0.333. The molecule has 0 unspecified atom stereocenters. The Labute approximate surface area is 236 Å². The van der Waals surface area contributed by atoms with Crippen LogP contribution in [0.25, 0.3) is 0 Å². The number of halogens is 1. The smallest absolute Gasteiger partial charge is 0.264 e. The van der Waals surface area contributed by atoms with Crippen molar-refractivity contribution in [3.63, 3.8) is 0 Å². The van der Waals surface area contributed by atoms with Gasteiger partial charge in [-0.15, -0.1) is 0 Å². The number of nitrogens with one attached hydrogen (secondary N) is 1. The summed E-state index contributed by atoms with van der Waals surface area (Å²) in [6.07, 6.45) is 0.354. The Morgan fingerprint density at radius 2 is 1.59 bits per heavy atom. The molecule has 0 aliphatic heterocycles. The first-order chi connectivity index (χ1) is 18.4. The van der Waals surface area contributed by atoms with Crippen molar-refractivity contribution in [3.8, 4) is 0 Å². The number of hydrogen-bond acceptors (Lipinski definition) is 4. The third-order valence-corrected chi connectivity index (χ3v) is 8.35. The van der Waals surface area contributed by atoms with Crippen LogP contribution in [-0.2, 0) is 26.2 Å². The van der Waals surface area contributed by atoms with E-state index in [1.54, 1.807) is 48.5 Å². The fourth-order valence-corrected chi connectivity index (χ4v) is 5.93. The zero-order valence-corrected chi connectivity index (χ0v) is 24.6. The van der Waals surface area contributed by atoms with Gasteiger partial charge in [0, 0.05) is 17.6 Å². The third-order valence-electron chi connectivity index (χ3n) is 6.33. The molecule has 0 aromatic heterocycles. The molecule has 39 heavy (non-hydrogen) atoms. The zero-order chi connectivity index (χ0) is 28.7. The van der Waals surface area contributed by atoms with E-state index in [1.807, 2.05) is 46.8 Å². The van der Waals surface area contributed by atoms with Gasteiger partial charge in [-0.05, 0) is 81.1 Å². The molecule has 9 heteroatoms. The molecule has 0 bridgehead atoms. The topological polar surface area (TPSA) is 86.8 Å². The quantitative estimate of drug-likeness (QED) is 0.331. The van der Waals surface area contributed by atoms with Gasteiger partial charge in [-0.25, -0.2) is 8.42 Å². The van der Waals surface area contributed by atoms with Crippen LogP contribution in [0.5, 0.6) is 0 Å². The van der Waals surface area contributed by atoms with E-state index in [4.69, 9.17) is 11.6 Å². The van der Waals surface area contributed by atoms with Crippen molar-refractivity contribution in [2.75, 3.05) is 10.8 Å². The molecule has 0 spiro atoms. The van der Waals surface area contributed by atoms with E-state index >= 15 is 0 Å². The number of aryl methyl sites for hydroxylation is 2. The minimum Gasteiger partial charge on any atom is -0.352 e. The minimum absolute atomic E-state index is 0.0764. The first-order valence-electron chi connectivity index (χ1n) is 12.9. The summed E-state index contributed by atoms with van der Waals surface area (Å²) in [6.45, 7) is 8.86. The van der Waals surface area contributed by atoms with E-state index in [-0.39, 0.29) is 23.4 Å². The number of sulfonamides is 1. The lowest BCUT2D eigenvalue weighted by atomic mass is 10.1. The van der Waals surface area contributed by atoms with Gasteiger partial charge in [-0.3, -0.25) is 13.9 Å². The highest BCUT2D eigenvalue weighted by molar-refractivity contribution is 7.92. The van der Waals surface area contributed by atoms with Gasteiger partial charge in [-0.1, -0.05) is 61.0 Å². The van der Waals surface area contributed by atoms with Crippen LogP contribution in [0.1, 0.15) is 43.9 Å². The molecule has 1 N–H and O–H groups in total. The maximum Gasteiger partial charge on any atom is 0.264 e. The predicted octanol–water partition coefficient (Wildman–Crippen LogP) is 5.48. The molecule has 208 valence electrons. The molecule has 0 aliphatic rings. The van der Waals surface area contributed by atoms with Crippen LogP contribution in [0.15, 0.2) is 77.7 Å². The molecule has 3 aromatic rings. The van der Waals surface area contributed by atoms with E-state index < -0.39 is 28.5 Å². The number of rotatable bonds is 11. The standard InChI is InChI=1S/C30H36ClN3O4S/c1-6-27(30(36)32-21(2)3)33(19-24-14-16-25(31)17-15-24)29(35)20-34(28-18-22(4)12-13-23(28)5)39(37,38)26-10-8-7-9-11-26/h7-18,21,27H,6,19-20H2,1-5H3,(H,32,36)/t27-/m1/s1. The lowest BCUT2D eigenvalue weighted by Crippen LogP contribution is -2.53. The van der Waals surface area contributed by atoms with Gasteiger partial charge in [0.25, 0.3) is 10.0 Å². The minimum atomic E-state index is -4.10. The van der Waals surface area contributed by atoms with Gasteiger partial charge in [0.05, 0.1) is 10.6 Å². The van der Waals surface area contributed by atoms with Crippen molar-refractivity contribution in [3.05, 3.63) is 94.5 Å². The van der Waals surface area contributed by atoms with Crippen molar-refractivity contribution in [1.82, 2.24) is 10.2 Å². The zero-order valence-electron chi connectivity index (χ0n) is 23.0. The van der Waals surface area contributed by atoms with E-state index in [1.165, 1.54) is 17.0 Å². The van der Waals surface area contributed by atoms with E-state index in [0.717, 1.165) is 15.4 Å². The summed E-state index contributed by atoms with van der Waals surface area (Å²) in [5.41, 5.74) is 2.75. The Balaban J connectivity index is 2.09. The maximum atomic E-state index is 14.1. The highest BCUT2D eigenvalue weighted by Gasteiger charge is 2.34. The molecular weight excluding hydrogens is 534 g/mol. The van der Waals surface area contributed by atoms with Crippen molar-refractivity contribution < 1.29 is 18.0 Å². The van der Waals surface area contributed by atoms with Crippen molar-refractivity contribution in [2.45, 2.75) is 64.6 Å². The lowest BCUT2D eigenvalue weighted by molar-refractivity contribution is -0.140. The number of nitrogens with zero attached hydrogens (tertiary/aromatic N) is 2. The fourth-order valence-electron chi connectivity index (χ4n) is 4.31. The van der Waals surface area contributed by atoms with Gasteiger partial charge < -0.3 is 10.2 Å². The Bertz CT molecular complexity index is 1390. The molecular formula is C30H36ClN3O4S. The molecule has 3 rings (SSSR count). The highest BCUT2D eigenvalue weighted by atomic mass is 35.5. The molecule has 0 radical (unpaired) electrons. The highest BCUT2D eigenvalue weighted by Crippen LogP contribution is 2.28. The number of amides is 2. The van der Waals surface area contributed by atoms with Crippen LogP contribution < -0.4 is 9.62 Å². The molecule has 7 nitrogen and oxygen atoms in total. The van der Waals surface area contributed by atoms with Crippen LogP contribution >= 0.6 is 11.6 Å². The SMILES string of the molecule is CC[C@H](C(=O)NC(C)C)N(Cc1ccc(Cl)cc1)C(=O)CN(c1cc(C)ccc1C)S(=O)(=O)c1ccccc1. The first-order valence-corrected chi connectivity index (χ1v) is 14.7. The van der Waals surface area contributed by atoms with Crippen LogP contribution in [0.2, 0.25) is 5.02 Å². The van der Waals surface area contributed by atoms with Crippen LogP contribution in [-0.4, -0.2) is 43.8 Å². The molecule has 1 atom stereocenters. The number of carbonyl (C=O) groups is 2. The Hall–Kier alpha value is -3.36. The van der Waals surface area contributed by atoms with Gasteiger partial charge in [0.1, 0.15) is 12.6 Å². The van der Waals surface area contributed by atoms with Crippen LogP contribution in [0, 0.1) is 13.8 Å². The molecule has 0 saturated heterocycles. The summed E-state index contributed by atoms with van der Waals surface area (Å²) in [5.74, 6) is -0.782. The second-order valence-corrected chi connectivity index (χ2v) is 12.1. The second kappa shape index (κ2) is 13.1. The number of benzene rings is 3. The summed E-state index contributed by atoms with van der Waals surface area (Å²) in [7, 11) is -4.10. The van der Waals surface area contributed by atoms with Crippen LogP contribution in [0.4, 0.5) is 5.69 Å². The van der Waals surface area contributed by atoms with Gasteiger partial charge in [0.2, 0.25) is 11.8 Å². The largest absolute Gasteiger partial charge is 0.352 e. The van der Waals surface area contributed by atoms with Crippen molar-refractivity contribution >= 4 is 39.1 Å². The first kappa shape index (κ1) is 30.2. The van der Waals surface area contributed by atoms with Crippen LogP contribution in [0.3, 0.4) is 0 Å². The second-order valence-electron chi connectivity index (χ2n) is 9.85. The average molecular weight is 570 g/mol. The molecule has 3 aromatic carbocycles. The maximum absolute atomic E-state index is 14.1. The molecule has 0 saturated carbocycles. The van der Waals surface area contributed by atoms with E-state index in [0.29, 0.717) is 22.7 Å². The molecule has 0 fully saturated rings. The normalized spacial score (nSPS) is 12.2. The van der Waals surface area contributed by atoms with Gasteiger partial charge in [0.15, 0.2) is 0 Å². The average Bonchev–Trinajstić information content (AvgIpc) is 2.89. The number of carbonyl (C=O) groups excluding carboxylic acids is 2. The number of hydrogen-bond donors (Lipinski definition) is 1. The Kier molecular flexibility index (Phi) is 10.2. The van der Waals surface area contributed by atoms with E-state index in [9.17, 15) is 18.0 Å². The van der Waals surface area contributed by atoms with Gasteiger partial charge >= 0.3 is 0 Å². The Morgan fingerprint density at radius 3 is 2.18 bits per heavy atom. The number of anilines is 1. The summed E-state index contributed by atoms with van der Waals surface area (Å²) in [5, 5.41) is 3.45.